The van der Waals surface area contributed by atoms with E-state index in [2.05, 4.69) is 17.2 Å². The van der Waals surface area contributed by atoms with Gasteiger partial charge < -0.3 is 20.1 Å². The van der Waals surface area contributed by atoms with Gasteiger partial charge in [-0.2, -0.15) is 0 Å². The number of amides is 4. The van der Waals surface area contributed by atoms with Gasteiger partial charge in [0.1, 0.15) is 12.2 Å². The van der Waals surface area contributed by atoms with Gasteiger partial charge >= 0.3 is 6.03 Å². The van der Waals surface area contributed by atoms with Crippen molar-refractivity contribution in [3.63, 3.8) is 0 Å². The van der Waals surface area contributed by atoms with Crippen molar-refractivity contribution in [1.29, 1.82) is 0 Å². The van der Waals surface area contributed by atoms with Gasteiger partial charge in [0.15, 0.2) is 11.5 Å². The Morgan fingerprint density at radius 1 is 1.21 bits per heavy atom. The summed E-state index contributed by atoms with van der Waals surface area (Å²) in [4.78, 5) is 38.4. The summed E-state index contributed by atoms with van der Waals surface area (Å²) in [5.74, 6) is 0.0594. The van der Waals surface area contributed by atoms with Crippen LogP contribution in [-0.2, 0) is 16.0 Å². The maximum absolute atomic E-state index is 12.8. The number of ether oxygens (including phenoxy) is 2. The Hall–Kier alpha value is -4.07. The zero-order chi connectivity index (χ0) is 24.0. The van der Waals surface area contributed by atoms with E-state index in [0.717, 1.165) is 16.0 Å². The molecule has 1 aliphatic heterocycles. The highest BCUT2D eigenvalue weighted by molar-refractivity contribution is 6.16. The van der Waals surface area contributed by atoms with Gasteiger partial charge in [-0.15, -0.1) is 6.58 Å². The van der Waals surface area contributed by atoms with E-state index in [1.807, 2.05) is 32.0 Å². The second-order valence-electron chi connectivity index (χ2n) is 7.43. The van der Waals surface area contributed by atoms with E-state index in [-0.39, 0.29) is 5.70 Å². The first-order valence-corrected chi connectivity index (χ1v) is 10.5. The number of anilines is 1. The summed E-state index contributed by atoms with van der Waals surface area (Å²) >= 11 is 0. The van der Waals surface area contributed by atoms with Crippen molar-refractivity contribution in [3.05, 3.63) is 71.4 Å². The lowest BCUT2D eigenvalue weighted by molar-refractivity contribution is -0.127. The summed E-state index contributed by atoms with van der Waals surface area (Å²) in [6, 6.07) is 10.1. The smallest absolute Gasteiger partial charge is 0.329 e. The molecule has 8 nitrogen and oxygen atoms in total. The number of nitrogens with one attached hydrogen (secondary N) is 2. The summed E-state index contributed by atoms with van der Waals surface area (Å²) in [5.41, 5.74) is 3.19. The summed E-state index contributed by atoms with van der Waals surface area (Å²) in [6.45, 7) is 7.66. The number of hydrogen-bond donors (Lipinski definition) is 2. The molecule has 0 atom stereocenters. The van der Waals surface area contributed by atoms with Gasteiger partial charge in [0.05, 0.1) is 13.7 Å². The molecule has 0 bridgehead atoms. The Morgan fingerprint density at radius 3 is 2.58 bits per heavy atom. The van der Waals surface area contributed by atoms with Crippen LogP contribution in [0.1, 0.15) is 23.6 Å². The molecule has 0 aliphatic carbocycles. The maximum Gasteiger partial charge on any atom is 0.329 e. The average Bonchev–Trinajstić information content (AvgIpc) is 3.04. The largest absolute Gasteiger partial charge is 0.493 e. The average molecular weight is 450 g/mol. The minimum atomic E-state index is -0.658. The number of hydrogen-bond acceptors (Lipinski definition) is 5. The van der Waals surface area contributed by atoms with E-state index >= 15 is 0 Å². The second-order valence-corrected chi connectivity index (χ2v) is 7.43. The number of nitrogens with zero attached hydrogens (tertiary/aromatic N) is 1. The quantitative estimate of drug-likeness (QED) is 0.346. The zero-order valence-electron chi connectivity index (χ0n) is 18.9. The summed E-state index contributed by atoms with van der Waals surface area (Å²) in [6.07, 6.45) is 3.82. The highest BCUT2D eigenvalue weighted by Gasteiger charge is 2.35. The van der Waals surface area contributed by atoms with Gasteiger partial charge in [0.25, 0.3) is 5.91 Å². The molecule has 0 spiro atoms. The molecule has 2 aromatic rings. The Bertz CT molecular complexity index is 1110. The molecule has 2 N–H and O–H groups in total. The number of carbonyl (C=O) groups excluding carboxylic acids is 3. The third-order valence-corrected chi connectivity index (χ3v) is 4.94. The van der Waals surface area contributed by atoms with Crippen LogP contribution in [0.5, 0.6) is 11.5 Å². The number of urea groups is 1. The number of allylic oxidation sites excluding steroid dienone is 1. The molecular weight excluding hydrogens is 422 g/mol. The first kappa shape index (κ1) is 23.6. The lowest BCUT2D eigenvalue weighted by Gasteiger charge is -2.15. The predicted octanol–water partition coefficient (Wildman–Crippen LogP) is 3.66. The number of methoxy groups -OCH3 is 1. The van der Waals surface area contributed by atoms with Crippen molar-refractivity contribution in [2.45, 2.75) is 20.3 Å². The predicted molar refractivity (Wildman–Crippen MR) is 126 cm³/mol. The van der Waals surface area contributed by atoms with Crippen molar-refractivity contribution in [2.75, 3.05) is 25.6 Å². The molecular formula is C25H27N3O5. The Labute approximate surface area is 192 Å². The minimum Gasteiger partial charge on any atom is -0.493 e. The summed E-state index contributed by atoms with van der Waals surface area (Å²) in [7, 11) is 1.53. The lowest BCUT2D eigenvalue weighted by Crippen LogP contribution is -2.38. The number of benzene rings is 2. The van der Waals surface area contributed by atoms with Crippen LogP contribution in [0.4, 0.5) is 10.5 Å². The molecule has 8 heteroatoms. The fourth-order valence-corrected chi connectivity index (χ4v) is 3.40. The van der Waals surface area contributed by atoms with Gasteiger partial charge in [-0.3, -0.25) is 9.59 Å². The molecule has 1 saturated heterocycles. The monoisotopic (exact) mass is 449 g/mol. The fraction of sp³-hybridized carbons (Fsp3) is 0.240. The Morgan fingerprint density at radius 2 is 1.94 bits per heavy atom. The number of carbonyl (C=O) groups is 3. The number of rotatable bonds is 9. The van der Waals surface area contributed by atoms with E-state index < -0.39 is 24.4 Å². The van der Waals surface area contributed by atoms with Crippen LogP contribution in [-0.4, -0.2) is 43.0 Å². The molecule has 33 heavy (non-hydrogen) atoms. The molecule has 0 radical (unpaired) electrons. The Balaban J connectivity index is 1.79. The second kappa shape index (κ2) is 10.5. The number of imide groups is 1. The van der Waals surface area contributed by atoms with Crippen LogP contribution < -0.4 is 20.1 Å². The van der Waals surface area contributed by atoms with Crippen LogP contribution >= 0.6 is 0 Å². The van der Waals surface area contributed by atoms with E-state index in [0.29, 0.717) is 35.8 Å². The highest BCUT2D eigenvalue weighted by Crippen LogP contribution is 2.34. The van der Waals surface area contributed by atoms with E-state index in [1.165, 1.54) is 7.11 Å². The molecule has 0 aromatic heterocycles. The highest BCUT2D eigenvalue weighted by atomic mass is 16.5. The zero-order valence-corrected chi connectivity index (χ0v) is 18.9. The first-order chi connectivity index (χ1) is 15.9. The first-order valence-electron chi connectivity index (χ1n) is 10.5. The van der Waals surface area contributed by atoms with Gasteiger partial charge in [-0.05, 0) is 56.2 Å². The molecule has 4 amide bonds. The maximum atomic E-state index is 12.8. The van der Waals surface area contributed by atoms with Crippen molar-refractivity contribution < 1.29 is 23.9 Å². The minimum absolute atomic E-state index is 0.0684. The van der Waals surface area contributed by atoms with Crippen molar-refractivity contribution in [1.82, 2.24) is 10.2 Å². The normalized spacial score (nSPS) is 14.3. The van der Waals surface area contributed by atoms with Gasteiger partial charge in [-0.25, -0.2) is 9.69 Å². The van der Waals surface area contributed by atoms with E-state index in [4.69, 9.17) is 9.47 Å². The van der Waals surface area contributed by atoms with E-state index in [1.54, 1.807) is 30.4 Å². The summed E-state index contributed by atoms with van der Waals surface area (Å²) < 4.78 is 11.2. The Kier molecular flexibility index (Phi) is 7.50. The third-order valence-electron chi connectivity index (χ3n) is 4.94. The van der Waals surface area contributed by atoms with Gasteiger partial charge in [0.2, 0.25) is 5.91 Å². The topological polar surface area (TPSA) is 97.0 Å². The van der Waals surface area contributed by atoms with Crippen LogP contribution in [0.3, 0.4) is 0 Å². The molecule has 1 heterocycles. The SMILES string of the molecule is C=CCc1cc(/C=C2/NC(=O)N(CC(=O)Nc3ccc(C)cc3)C2=O)cc(OC)c1OCC. The summed E-state index contributed by atoms with van der Waals surface area (Å²) in [5, 5.41) is 5.22. The molecule has 3 rings (SSSR count). The van der Waals surface area contributed by atoms with Crippen LogP contribution in [0.15, 0.2) is 54.8 Å². The molecule has 2 aromatic carbocycles. The fourth-order valence-electron chi connectivity index (χ4n) is 3.40. The number of aryl methyl sites for hydroxylation is 1. The third kappa shape index (κ3) is 5.60. The van der Waals surface area contributed by atoms with Crippen LogP contribution in [0, 0.1) is 6.92 Å². The van der Waals surface area contributed by atoms with Crippen LogP contribution in [0.25, 0.3) is 6.08 Å². The lowest BCUT2D eigenvalue weighted by atomic mass is 10.0. The van der Waals surface area contributed by atoms with Gasteiger partial charge in [-0.1, -0.05) is 23.8 Å². The molecule has 0 unspecified atom stereocenters. The molecule has 1 fully saturated rings. The molecule has 172 valence electrons. The molecule has 0 saturated carbocycles. The van der Waals surface area contributed by atoms with Gasteiger partial charge in [0, 0.05) is 11.3 Å². The van der Waals surface area contributed by atoms with E-state index in [9.17, 15) is 14.4 Å². The standard InChI is InChI=1S/C25H27N3O5/c1-5-7-18-12-17(14-21(32-4)23(18)33-6-2)13-20-24(30)28(25(31)27-20)15-22(29)26-19-10-8-16(3)9-11-19/h5,8-14H,1,6-7,15H2,2-4H3,(H,26,29)(H,27,31)/b20-13+. The van der Waals surface area contributed by atoms with Crippen molar-refractivity contribution >= 4 is 29.6 Å². The van der Waals surface area contributed by atoms with Crippen LogP contribution in [0.2, 0.25) is 0 Å². The van der Waals surface area contributed by atoms with Crippen molar-refractivity contribution in [3.8, 4) is 11.5 Å². The van der Waals surface area contributed by atoms with Crippen molar-refractivity contribution in [2.24, 2.45) is 0 Å². The molecule has 1 aliphatic rings.